The third-order valence-electron chi connectivity index (χ3n) is 2.72. The summed E-state index contributed by atoms with van der Waals surface area (Å²) in [6.07, 6.45) is -0.0234. The summed E-state index contributed by atoms with van der Waals surface area (Å²) >= 11 is 0. The Labute approximate surface area is 123 Å². The summed E-state index contributed by atoms with van der Waals surface area (Å²) in [6, 6.07) is 0. The summed E-state index contributed by atoms with van der Waals surface area (Å²) in [7, 11) is 0. The van der Waals surface area contributed by atoms with E-state index < -0.39 is 5.97 Å². The first-order chi connectivity index (χ1) is 9.86. The van der Waals surface area contributed by atoms with E-state index in [1.54, 1.807) is 6.92 Å². The molecule has 8 nitrogen and oxygen atoms in total. The van der Waals surface area contributed by atoms with Gasteiger partial charge in [0.05, 0.1) is 6.42 Å². The average Bonchev–Trinajstić information content (AvgIpc) is 2.41. The molecule has 21 heavy (non-hydrogen) atoms. The number of rotatable bonds is 10. The number of carboxylic acids is 1. The summed E-state index contributed by atoms with van der Waals surface area (Å²) in [6.45, 7) is 4.35. The Hall–Kier alpha value is -2.12. The van der Waals surface area contributed by atoms with Crippen molar-refractivity contribution >= 4 is 23.7 Å². The molecule has 8 heteroatoms. The van der Waals surface area contributed by atoms with Crippen LogP contribution in [0.3, 0.4) is 0 Å². The highest BCUT2D eigenvalue weighted by Crippen LogP contribution is 2.00. The zero-order chi connectivity index (χ0) is 16.3. The van der Waals surface area contributed by atoms with Crippen LogP contribution in [0.15, 0.2) is 0 Å². The largest absolute Gasteiger partial charge is 0.481 e. The van der Waals surface area contributed by atoms with Gasteiger partial charge in [-0.05, 0) is 6.92 Å². The molecule has 0 heterocycles. The van der Waals surface area contributed by atoms with Crippen molar-refractivity contribution in [2.45, 2.75) is 33.1 Å². The minimum Gasteiger partial charge on any atom is -0.481 e. The van der Waals surface area contributed by atoms with E-state index in [1.165, 1.54) is 11.8 Å². The third kappa shape index (κ3) is 10.3. The molecule has 3 N–H and O–H groups in total. The van der Waals surface area contributed by atoms with Crippen LogP contribution < -0.4 is 10.6 Å². The van der Waals surface area contributed by atoms with Crippen LogP contribution in [-0.4, -0.2) is 59.9 Å². The molecule has 0 atom stereocenters. The predicted molar refractivity (Wildman–Crippen MR) is 75.4 cm³/mol. The highest BCUT2D eigenvalue weighted by molar-refractivity contribution is 5.84. The molecule has 3 amide bonds. The van der Waals surface area contributed by atoms with Gasteiger partial charge in [-0.3, -0.25) is 19.2 Å². The van der Waals surface area contributed by atoms with Gasteiger partial charge in [0.1, 0.15) is 0 Å². The van der Waals surface area contributed by atoms with E-state index in [-0.39, 0.29) is 43.5 Å². The lowest BCUT2D eigenvalue weighted by atomic mass is 10.2. The number of carbonyl (C=O) groups is 4. The van der Waals surface area contributed by atoms with E-state index in [0.29, 0.717) is 19.6 Å². The highest BCUT2D eigenvalue weighted by atomic mass is 16.4. The van der Waals surface area contributed by atoms with Gasteiger partial charge < -0.3 is 20.6 Å². The summed E-state index contributed by atoms with van der Waals surface area (Å²) in [5.74, 6) is -1.65. The minimum atomic E-state index is -0.961. The van der Waals surface area contributed by atoms with Gasteiger partial charge in [-0.15, -0.1) is 0 Å². The number of nitrogens with zero attached hydrogens (tertiary/aromatic N) is 1. The molecule has 0 aromatic carbocycles. The lowest BCUT2D eigenvalue weighted by molar-refractivity contribution is -0.139. The van der Waals surface area contributed by atoms with E-state index in [0.717, 1.165) is 0 Å². The van der Waals surface area contributed by atoms with Gasteiger partial charge in [-0.2, -0.15) is 0 Å². The second kappa shape index (κ2) is 10.6. The fourth-order valence-corrected chi connectivity index (χ4v) is 1.60. The number of carboxylic acid groups (broad SMARTS) is 1. The van der Waals surface area contributed by atoms with Crippen LogP contribution in [0.5, 0.6) is 0 Å². The van der Waals surface area contributed by atoms with Crippen molar-refractivity contribution in [1.82, 2.24) is 15.5 Å². The number of nitrogens with one attached hydrogen (secondary N) is 2. The zero-order valence-corrected chi connectivity index (χ0v) is 12.5. The molecule has 0 spiro atoms. The molecule has 0 saturated heterocycles. The van der Waals surface area contributed by atoms with Crippen LogP contribution in [0.2, 0.25) is 0 Å². The monoisotopic (exact) mass is 301 g/mol. The minimum absolute atomic E-state index is 0.0411. The molecule has 0 aliphatic heterocycles. The van der Waals surface area contributed by atoms with E-state index in [4.69, 9.17) is 5.11 Å². The molecule has 0 unspecified atom stereocenters. The Morgan fingerprint density at radius 3 is 2.14 bits per heavy atom. The molecule has 0 fully saturated rings. The highest BCUT2D eigenvalue weighted by Gasteiger charge is 2.14. The van der Waals surface area contributed by atoms with E-state index in [2.05, 4.69) is 10.6 Å². The maximum atomic E-state index is 11.8. The SMILES string of the molecule is CCN(CCC(=O)O)C(=O)CCC(=O)NCCNC(C)=O. The molecule has 0 aromatic heterocycles. The first-order valence-corrected chi connectivity index (χ1v) is 6.87. The van der Waals surface area contributed by atoms with Crippen molar-refractivity contribution in [1.29, 1.82) is 0 Å². The summed E-state index contributed by atoms with van der Waals surface area (Å²) in [5.41, 5.74) is 0. The van der Waals surface area contributed by atoms with Crippen molar-refractivity contribution in [3.05, 3.63) is 0 Å². The van der Waals surface area contributed by atoms with Crippen LogP contribution in [0.25, 0.3) is 0 Å². The lowest BCUT2D eigenvalue weighted by Crippen LogP contribution is -2.36. The van der Waals surface area contributed by atoms with Crippen LogP contribution in [0.4, 0.5) is 0 Å². The Morgan fingerprint density at radius 2 is 1.62 bits per heavy atom. The van der Waals surface area contributed by atoms with Crippen LogP contribution >= 0.6 is 0 Å². The normalized spacial score (nSPS) is 9.81. The number of hydrogen-bond acceptors (Lipinski definition) is 4. The first kappa shape index (κ1) is 18.9. The average molecular weight is 301 g/mol. The molecular weight excluding hydrogens is 278 g/mol. The molecule has 0 bridgehead atoms. The number of hydrogen-bond donors (Lipinski definition) is 3. The van der Waals surface area contributed by atoms with Crippen molar-refractivity contribution < 1.29 is 24.3 Å². The number of carbonyl (C=O) groups excluding carboxylic acids is 3. The summed E-state index contributed by atoms with van der Waals surface area (Å²) in [5, 5.41) is 13.7. The molecule has 0 aromatic rings. The summed E-state index contributed by atoms with van der Waals surface area (Å²) in [4.78, 5) is 45.8. The predicted octanol–water partition coefficient (Wildman–Crippen LogP) is -0.658. The molecule has 120 valence electrons. The van der Waals surface area contributed by atoms with E-state index >= 15 is 0 Å². The van der Waals surface area contributed by atoms with Crippen molar-refractivity contribution in [2.75, 3.05) is 26.2 Å². The summed E-state index contributed by atoms with van der Waals surface area (Å²) < 4.78 is 0. The molecular formula is C13H23N3O5. The smallest absolute Gasteiger partial charge is 0.305 e. The van der Waals surface area contributed by atoms with Gasteiger partial charge in [-0.25, -0.2) is 0 Å². The van der Waals surface area contributed by atoms with Gasteiger partial charge in [-0.1, -0.05) is 0 Å². The van der Waals surface area contributed by atoms with Gasteiger partial charge in [0.15, 0.2) is 0 Å². The lowest BCUT2D eigenvalue weighted by Gasteiger charge is -2.19. The van der Waals surface area contributed by atoms with Gasteiger partial charge in [0.2, 0.25) is 17.7 Å². The second-order valence-corrected chi connectivity index (χ2v) is 4.45. The van der Waals surface area contributed by atoms with Gasteiger partial charge in [0, 0.05) is 45.9 Å². The molecule has 0 saturated carbocycles. The first-order valence-electron chi connectivity index (χ1n) is 6.87. The Bertz CT molecular complexity index is 384. The topological polar surface area (TPSA) is 116 Å². The quantitative estimate of drug-likeness (QED) is 0.463. The Morgan fingerprint density at radius 1 is 1.00 bits per heavy atom. The standard InChI is InChI=1S/C13H23N3O5/c1-3-16(9-6-13(20)21)12(19)5-4-11(18)15-8-7-14-10(2)17/h3-9H2,1-2H3,(H,14,17)(H,15,18)(H,20,21). The molecule has 0 aliphatic rings. The fraction of sp³-hybridized carbons (Fsp3) is 0.692. The Kier molecular flexibility index (Phi) is 9.57. The van der Waals surface area contributed by atoms with Crippen LogP contribution in [0.1, 0.15) is 33.1 Å². The zero-order valence-electron chi connectivity index (χ0n) is 12.5. The van der Waals surface area contributed by atoms with Crippen LogP contribution in [0, 0.1) is 0 Å². The van der Waals surface area contributed by atoms with E-state index in [1.807, 2.05) is 0 Å². The Balaban J connectivity index is 3.90. The second-order valence-electron chi connectivity index (χ2n) is 4.45. The number of amides is 3. The van der Waals surface area contributed by atoms with Crippen molar-refractivity contribution in [2.24, 2.45) is 0 Å². The van der Waals surface area contributed by atoms with Crippen LogP contribution in [-0.2, 0) is 19.2 Å². The van der Waals surface area contributed by atoms with E-state index in [9.17, 15) is 19.2 Å². The third-order valence-corrected chi connectivity index (χ3v) is 2.72. The van der Waals surface area contributed by atoms with Crippen molar-refractivity contribution in [3.63, 3.8) is 0 Å². The van der Waals surface area contributed by atoms with Gasteiger partial charge >= 0.3 is 5.97 Å². The molecule has 0 rings (SSSR count). The maximum Gasteiger partial charge on any atom is 0.305 e. The molecule has 0 aliphatic carbocycles. The van der Waals surface area contributed by atoms with Gasteiger partial charge in [0.25, 0.3) is 0 Å². The maximum absolute atomic E-state index is 11.8. The molecule has 0 radical (unpaired) electrons. The fourth-order valence-electron chi connectivity index (χ4n) is 1.60. The van der Waals surface area contributed by atoms with Crippen molar-refractivity contribution in [3.8, 4) is 0 Å². The number of aliphatic carboxylic acids is 1.